The summed E-state index contributed by atoms with van der Waals surface area (Å²) < 4.78 is 13.1. The lowest BCUT2D eigenvalue weighted by molar-refractivity contribution is 0.0994. The van der Waals surface area contributed by atoms with Crippen LogP contribution in [0.3, 0.4) is 0 Å². The third-order valence-corrected chi connectivity index (χ3v) is 3.43. The van der Waals surface area contributed by atoms with Gasteiger partial charge in [-0.15, -0.1) is 0 Å². The molecule has 0 saturated carbocycles. The molecule has 3 rings (SSSR count). The van der Waals surface area contributed by atoms with E-state index < -0.39 is 0 Å². The number of hydrogen-bond acceptors (Lipinski definition) is 1. The summed E-state index contributed by atoms with van der Waals surface area (Å²) in [5, 5.41) is 1.37. The average Bonchev–Trinajstić information content (AvgIpc) is 2.81. The second kappa shape index (κ2) is 5.10. The molecule has 0 bridgehead atoms. The number of nitrogens with one attached hydrogen (secondary N) is 1. The first-order valence-electron chi connectivity index (χ1n) is 6.18. The number of rotatable bonds is 3. The van der Waals surface area contributed by atoms with Crippen molar-refractivity contribution in [1.29, 1.82) is 0 Å². The summed E-state index contributed by atoms with van der Waals surface area (Å²) in [5.74, 6) is -0.401. The Labute approximate surface area is 120 Å². The molecule has 0 aliphatic heterocycles. The smallest absolute Gasteiger partial charge is 0.169 e. The molecule has 0 saturated heterocycles. The van der Waals surface area contributed by atoms with Crippen LogP contribution in [0.25, 0.3) is 10.9 Å². The number of ketones is 1. The topological polar surface area (TPSA) is 32.9 Å². The second-order valence-corrected chi connectivity index (χ2v) is 5.06. The van der Waals surface area contributed by atoms with E-state index in [9.17, 15) is 9.18 Å². The highest BCUT2D eigenvalue weighted by atomic mass is 35.5. The number of carbonyl (C=O) groups is 1. The van der Waals surface area contributed by atoms with Gasteiger partial charge in [0.2, 0.25) is 0 Å². The first-order valence-corrected chi connectivity index (χ1v) is 6.55. The van der Waals surface area contributed by atoms with Gasteiger partial charge in [-0.25, -0.2) is 4.39 Å². The summed E-state index contributed by atoms with van der Waals surface area (Å²) in [6.07, 6.45) is 1.83. The zero-order valence-corrected chi connectivity index (χ0v) is 11.2. The first kappa shape index (κ1) is 12.9. The number of benzene rings is 2. The lowest BCUT2D eigenvalue weighted by Gasteiger charge is -2.01. The van der Waals surface area contributed by atoms with Gasteiger partial charge in [0.15, 0.2) is 5.78 Å². The van der Waals surface area contributed by atoms with Crippen molar-refractivity contribution < 1.29 is 9.18 Å². The molecule has 0 spiro atoms. The van der Waals surface area contributed by atoms with Gasteiger partial charge in [-0.3, -0.25) is 4.79 Å². The molecule has 0 amide bonds. The Morgan fingerprint density at radius 1 is 1.20 bits per heavy atom. The van der Waals surface area contributed by atoms with Gasteiger partial charge >= 0.3 is 0 Å². The maximum atomic E-state index is 13.1. The molecule has 0 atom stereocenters. The van der Waals surface area contributed by atoms with Gasteiger partial charge in [0.25, 0.3) is 0 Å². The average molecular weight is 288 g/mol. The van der Waals surface area contributed by atoms with Crippen molar-refractivity contribution >= 4 is 28.3 Å². The second-order valence-electron chi connectivity index (χ2n) is 4.62. The van der Waals surface area contributed by atoms with Gasteiger partial charge in [-0.05, 0) is 35.9 Å². The van der Waals surface area contributed by atoms with E-state index in [0.29, 0.717) is 16.1 Å². The van der Waals surface area contributed by atoms with Crippen LogP contribution >= 0.6 is 11.6 Å². The SMILES string of the molecule is O=C(Cc1cccc(F)c1)c1c[nH]c2ccc(Cl)cc12. The minimum absolute atomic E-state index is 0.0656. The summed E-state index contributed by atoms with van der Waals surface area (Å²) in [6, 6.07) is 11.4. The van der Waals surface area contributed by atoms with Crippen LogP contribution < -0.4 is 0 Å². The van der Waals surface area contributed by atoms with Crippen molar-refractivity contribution in [3.8, 4) is 0 Å². The van der Waals surface area contributed by atoms with Crippen molar-refractivity contribution in [3.63, 3.8) is 0 Å². The first-order chi connectivity index (χ1) is 9.63. The maximum Gasteiger partial charge on any atom is 0.169 e. The van der Waals surface area contributed by atoms with E-state index in [2.05, 4.69) is 4.98 Å². The molecule has 0 aliphatic rings. The molecule has 0 radical (unpaired) electrons. The molecule has 0 unspecified atom stereocenters. The number of Topliss-reactive ketones (excluding diaryl/α,β-unsaturated/α-hetero) is 1. The fourth-order valence-electron chi connectivity index (χ4n) is 2.25. The molecule has 1 N–H and O–H groups in total. The third kappa shape index (κ3) is 2.45. The van der Waals surface area contributed by atoms with Crippen molar-refractivity contribution in [3.05, 3.63) is 70.6 Å². The highest BCUT2D eigenvalue weighted by Gasteiger charge is 2.13. The lowest BCUT2D eigenvalue weighted by Crippen LogP contribution is -2.03. The molecule has 2 nitrogen and oxygen atoms in total. The van der Waals surface area contributed by atoms with E-state index in [1.54, 1.807) is 30.5 Å². The maximum absolute atomic E-state index is 13.1. The number of aromatic nitrogens is 1. The van der Waals surface area contributed by atoms with Crippen LogP contribution in [0.4, 0.5) is 4.39 Å². The predicted molar refractivity (Wildman–Crippen MR) is 77.7 cm³/mol. The van der Waals surface area contributed by atoms with E-state index in [0.717, 1.165) is 10.9 Å². The zero-order chi connectivity index (χ0) is 14.1. The number of H-pyrrole nitrogens is 1. The standard InChI is InChI=1S/C16H11ClFNO/c17-11-4-5-15-13(8-11)14(9-19-15)16(20)7-10-2-1-3-12(18)6-10/h1-6,8-9,19H,7H2. The van der Waals surface area contributed by atoms with E-state index in [-0.39, 0.29) is 18.0 Å². The Bertz CT molecular complexity index is 794. The minimum atomic E-state index is -0.336. The number of fused-ring (bicyclic) bond motifs is 1. The summed E-state index contributed by atoms with van der Waals surface area (Å²) >= 11 is 5.96. The van der Waals surface area contributed by atoms with Gasteiger partial charge < -0.3 is 4.98 Å². The van der Waals surface area contributed by atoms with Crippen molar-refractivity contribution in [2.45, 2.75) is 6.42 Å². The van der Waals surface area contributed by atoms with E-state index in [1.807, 2.05) is 6.07 Å². The molecule has 1 heterocycles. The normalized spacial score (nSPS) is 10.9. The number of carbonyl (C=O) groups excluding carboxylic acids is 1. The molecule has 20 heavy (non-hydrogen) atoms. The summed E-state index contributed by atoms with van der Waals surface area (Å²) in [5.41, 5.74) is 2.09. The number of hydrogen-bond donors (Lipinski definition) is 1. The van der Waals surface area contributed by atoms with Crippen molar-refractivity contribution in [1.82, 2.24) is 4.98 Å². The molecular formula is C16H11ClFNO. The number of halogens is 2. The molecule has 3 aromatic rings. The van der Waals surface area contributed by atoms with Crippen molar-refractivity contribution in [2.75, 3.05) is 0 Å². The van der Waals surface area contributed by atoms with E-state index >= 15 is 0 Å². The number of aromatic amines is 1. The van der Waals surface area contributed by atoms with Crippen LogP contribution in [0.2, 0.25) is 5.02 Å². The summed E-state index contributed by atoms with van der Waals surface area (Å²) in [4.78, 5) is 15.4. The largest absolute Gasteiger partial charge is 0.360 e. The van der Waals surface area contributed by atoms with E-state index in [1.165, 1.54) is 12.1 Å². The Morgan fingerprint density at radius 2 is 2.05 bits per heavy atom. The van der Waals surface area contributed by atoms with Gasteiger partial charge in [-0.2, -0.15) is 0 Å². The van der Waals surface area contributed by atoms with Gasteiger partial charge in [0.05, 0.1) is 0 Å². The monoisotopic (exact) mass is 287 g/mol. The summed E-state index contributed by atoms with van der Waals surface area (Å²) in [7, 11) is 0. The molecule has 4 heteroatoms. The lowest BCUT2D eigenvalue weighted by atomic mass is 10.0. The molecule has 100 valence electrons. The van der Waals surface area contributed by atoms with E-state index in [4.69, 9.17) is 11.6 Å². The van der Waals surface area contributed by atoms with Crippen LogP contribution in [0.1, 0.15) is 15.9 Å². The minimum Gasteiger partial charge on any atom is -0.360 e. The van der Waals surface area contributed by atoms with Crippen LogP contribution in [0.15, 0.2) is 48.7 Å². The van der Waals surface area contributed by atoms with Gasteiger partial charge in [0, 0.05) is 34.1 Å². The predicted octanol–water partition coefficient (Wildman–Crippen LogP) is 4.39. The molecule has 2 aromatic carbocycles. The third-order valence-electron chi connectivity index (χ3n) is 3.20. The van der Waals surface area contributed by atoms with Crippen LogP contribution in [-0.4, -0.2) is 10.8 Å². The molecule has 0 aliphatic carbocycles. The van der Waals surface area contributed by atoms with Gasteiger partial charge in [-0.1, -0.05) is 23.7 Å². The Kier molecular flexibility index (Phi) is 3.28. The molecule has 1 aromatic heterocycles. The van der Waals surface area contributed by atoms with Gasteiger partial charge in [0.1, 0.15) is 5.82 Å². The Balaban J connectivity index is 1.94. The van der Waals surface area contributed by atoms with Crippen LogP contribution in [0.5, 0.6) is 0 Å². The van der Waals surface area contributed by atoms with Crippen LogP contribution in [-0.2, 0) is 6.42 Å². The summed E-state index contributed by atoms with van der Waals surface area (Å²) in [6.45, 7) is 0. The highest BCUT2D eigenvalue weighted by molar-refractivity contribution is 6.31. The zero-order valence-electron chi connectivity index (χ0n) is 10.5. The Morgan fingerprint density at radius 3 is 2.85 bits per heavy atom. The molecule has 0 fully saturated rings. The fraction of sp³-hybridized carbons (Fsp3) is 0.0625. The van der Waals surface area contributed by atoms with Crippen LogP contribution in [0, 0.1) is 5.82 Å². The fourth-order valence-corrected chi connectivity index (χ4v) is 2.42. The highest BCUT2D eigenvalue weighted by Crippen LogP contribution is 2.23. The van der Waals surface area contributed by atoms with Crippen molar-refractivity contribution in [2.24, 2.45) is 0 Å². The molecular weight excluding hydrogens is 277 g/mol. The quantitative estimate of drug-likeness (QED) is 0.712. The Hall–Kier alpha value is -2.13.